The zero-order valence-electron chi connectivity index (χ0n) is 17.9. The Bertz CT molecular complexity index is 1120. The van der Waals surface area contributed by atoms with Gasteiger partial charge in [0, 0.05) is 16.6 Å². The van der Waals surface area contributed by atoms with Gasteiger partial charge in [0.15, 0.2) is 5.65 Å². The molecule has 0 aliphatic heterocycles. The number of hydrogen-bond donors (Lipinski definition) is 0. The molecule has 3 aromatic rings. The fourth-order valence-electron chi connectivity index (χ4n) is 4.04. The molecule has 1 saturated carbocycles. The fraction of sp³-hybridized carbons (Fsp3) is 0.375. The van der Waals surface area contributed by atoms with E-state index in [4.69, 9.17) is 26.1 Å². The fourth-order valence-corrected chi connectivity index (χ4v) is 4.55. The summed E-state index contributed by atoms with van der Waals surface area (Å²) in [4.78, 5) is 21.4. The first kappa shape index (κ1) is 22.8. The molecule has 1 aliphatic rings. The van der Waals surface area contributed by atoms with Crippen molar-refractivity contribution >= 4 is 44.7 Å². The highest BCUT2D eigenvalue weighted by atomic mass is 79.9. The number of ether oxygens (including phenoxy) is 2. The molecule has 0 spiro atoms. The van der Waals surface area contributed by atoms with Crippen LogP contribution >= 0.6 is 27.5 Å². The second kappa shape index (κ2) is 10.0. The molecular formula is C24H25BrClN3O3. The predicted octanol–water partition coefficient (Wildman–Crippen LogP) is 6.20. The van der Waals surface area contributed by atoms with E-state index in [1.165, 1.54) is 0 Å². The number of imidazole rings is 1. The van der Waals surface area contributed by atoms with Crippen molar-refractivity contribution in [2.75, 3.05) is 6.61 Å². The first-order valence-corrected chi connectivity index (χ1v) is 11.9. The predicted molar refractivity (Wildman–Crippen MR) is 129 cm³/mol. The first-order chi connectivity index (χ1) is 15.5. The lowest BCUT2D eigenvalue weighted by Gasteiger charge is -2.27. The van der Waals surface area contributed by atoms with Crippen LogP contribution in [-0.2, 0) is 16.1 Å². The van der Waals surface area contributed by atoms with Crippen LogP contribution in [0, 0.1) is 5.92 Å². The Morgan fingerprint density at radius 2 is 1.97 bits per heavy atom. The van der Waals surface area contributed by atoms with E-state index in [1.807, 2.05) is 41.8 Å². The van der Waals surface area contributed by atoms with Gasteiger partial charge in [-0.2, -0.15) is 4.98 Å². The molecule has 4 rings (SSSR count). The van der Waals surface area contributed by atoms with Crippen LogP contribution in [0.15, 0.2) is 47.5 Å². The van der Waals surface area contributed by atoms with Crippen molar-refractivity contribution in [1.29, 1.82) is 0 Å². The summed E-state index contributed by atoms with van der Waals surface area (Å²) in [6, 6.07) is 10.2. The summed E-state index contributed by atoms with van der Waals surface area (Å²) in [7, 11) is 0. The van der Waals surface area contributed by atoms with Gasteiger partial charge in [-0.05, 0) is 50.8 Å². The lowest BCUT2D eigenvalue weighted by molar-refractivity contribution is -0.149. The lowest BCUT2D eigenvalue weighted by atomic mass is 9.87. The minimum atomic E-state index is -0.107. The summed E-state index contributed by atoms with van der Waals surface area (Å²) in [6.07, 6.45) is 4.84. The van der Waals surface area contributed by atoms with Crippen LogP contribution in [0.3, 0.4) is 0 Å². The Morgan fingerprint density at radius 3 is 2.62 bits per heavy atom. The molecule has 0 N–H and O–H groups in total. The maximum atomic E-state index is 12.0. The molecule has 2 aromatic heterocycles. The van der Waals surface area contributed by atoms with Gasteiger partial charge in [-0.3, -0.25) is 9.36 Å². The number of rotatable bonds is 7. The Labute approximate surface area is 200 Å². The highest BCUT2D eigenvalue weighted by Crippen LogP contribution is 2.33. The van der Waals surface area contributed by atoms with Gasteiger partial charge in [0.25, 0.3) is 6.01 Å². The number of benzene rings is 1. The third-order valence-electron chi connectivity index (χ3n) is 5.66. The van der Waals surface area contributed by atoms with E-state index in [0.717, 1.165) is 41.2 Å². The second-order valence-corrected chi connectivity index (χ2v) is 9.13. The van der Waals surface area contributed by atoms with Gasteiger partial charge in [-0.25, -0.2) is 4.98 Å². The van der Waals surface area contributed by atoms with Crippen molar-refractivity contribution in [1.82, 2.24) is 14.5 Å². The number of carbonyl (C=O) groups excluding carboxylic acids is 1. The smallest absolute Gasteiger partial charge is 0.308 e. The number of esters is 1. The van der Waals surface area contributed by atoms with Crippen molar-refractivity contribution < 1.29 is 14.3 Å². The second-order valence-electron chi connectivity index (χ2n) is 7.81. The quantitative estimate of drug-likeness (QED) is 0.275. The van der Waals surface area contributed by atoms with Gasteiger partial charge in [-0.15, -0.1) is 6.58 Å². The Morgan fingerprint density at radius 1 is 1.25 bits per heavy atom. The third kappa shape index (κ3) is 4.84. The molecule has 1 aliphatic carbocycles. The van der Waals surface area contributed by atoms with Gasteiger partial charge >= 0.3 is 5.97 Å². The van der Waals surface area contributed by atoms with Crippen molar-refractivity contribution in [2.45, 2.75) is 45.3 Å². The highest BCUT2D eigenvalue weighted by Gasteiger charge is 2.29. The Hall–Kier alpha value is -2.38. The standard InChI is InChI=1S/C24H25BrClN3O3/c1-3-13-29-20-14-19(26)21(15-5-9-17(25)10-6-15)27-22(20)28-24(29)32-18-11-7-16(8-12-18)23(30)31-4-2/h3,5-6,9-10,14,16,18H,1,4,7-8,11-13H2,2H3/t16-,18-. The largest absolute Gasteiger partial charge is 0.466 e. The molecular weight excluding hydrogens is 494 g/mol. The number of allylic oxidation sites excluding steroid dienone is 1. The Kier molecular flexibility index (Phi) is 7.16. The zero-order valence-corrected chi connectivity index (χ0v) is 20.2. The van der Waals surface area contributed by atoms with Crippen LogP contribution in [-0.4, -0.2) is 33.2 Å². The first-order valence-electron chi connectivity index (χ1n) is 10.8. The molecule has 8 heteroatoms. The van der Waals surface area contributed by atoms with Crippen LogP contribution in [0.25, 0.3) is 22.4 Å². The minimum absolute atomic E-state index is 0.0116. The molecule has 0 radical (unpaired) electrons. The molecule has 0 unspecified atom stereocenters. The molecule has 32 heavy (non-hydrogen) atoms. The van der Waals surface area contributed by atoms with Crippen molar-refractivity contribution in [3.63, 3.8) is 0 Å². The Balaban J connectivity index is 1.59. The summed E-state index contributed by atoms with van der Waals surface area (Å²) in [5, 5.41) is 0.548. The number of nitrogens with zero attached hydrogens (tertiary/aromatic N) is 3. The SMILES string of the molecule is C=CCn1c(O[C@H]2CC[C@H](C(=O)OCC)CC2)nc2nc(-c3ccc(Br)cc3)c(Cl)cc21. The van der Waals surface area contributed by atoms with E-state index in [2.05, 4.69) is 27.5 Å². The summed E-state index contributed by atoms with van der Waals surface area (Å²) in [5.74, 6) is -0.153. The average Bonchev–Trinajstić information content (AvgIpc) is 3.11. The maximum Gasteiger partial charge on any atom is 0.308 e. The number of fused-ring (bicyclic) bond motifs is 1. The van der Waals surface area contributed by atoms with E-state index < -0.39 is 0 Å². The summed E-state index contributed by atoms with van der Waals surface area (Å²) in [5.41, 5.74) is 2.96. The third-order valence-corrected chi connectivity index (χ3v) is 6.47. The van der Waals surface area contributed by atoms with Crippen LogP contribution in [0.5, 0.6) is 6.01 Å². The van der Waals surface area contributed by atoms with E-state index in [-0.39, 0.29) is 18.0 Å². The van der Waals surface area contributed by atoms with Gasteiger partial charge in [0.05, 0.1) is 28.8 Å². The topological polar surface area (TPSA) is 66.2 Å². The molecule has 0 atom stereocenters. The van der Waals surface area contributed by atoms with E-state index in [0.29, 0.717) is 35.5 Å². The number of aromatic nitrogens is 3. The van der Waals surface area contributed by atoms with Crippen molar-refractivity contribution in [3.8, 4) is 17.3 Å². The molecule has 0 amide bonds. The highest BCUT2D eigenvalue weighted by molar-refractivity contribution is 9.10. The van der Waals surface area contributed by atoms with Crippen LogP contribution in [0.1, 0.15) is 32.6 Å². The van der Waals surface area contributed by atoms with E-state index in [9.17, 15) is 4.79 Å². The molecule has 1 aromatic carbocycles. The van der Waals surface area contributed by atoms with Gasteiger partial charge < -0.3 is 9.47 Å². The molecule has 6 nitrogen and oxygen atoms in total. The number of hydrogen-bond acceptors (Lipinski definition) is 5. The van der Waals surface area contributed by atoms with Crippen molar-refractivity contribution in [3.05, 3.63) is 52.5 Å². The summed E-state index contributed by atoms with van der Waals surface area (Å²) in [6.45, 7) is 6.63. The molecule has 0 bridgehead atoms. The van der Waals surface area contributed by atoms with E-state index in [1.54, 1.807) is 6.08 Å². The molecule has 168 valence electrons. The monoisotopic (exact) mass is 517 g/mol. The van der Waals surface area contributed by atoms with Crippen LogP contribution in [0.4, 0.5) is 0 Å². The van der Waals surface area contributed by atoms with Gasteiger partial charge in [-0.1, -0.05) is 45.7 Å². The van der Waals surface area contributed by atoms with Crippen molar-refractivity contribution in [2.24, 2.45) is 5.92 Å². The normalized spacial score (nSPS) is 18.5. The van der Waals surface area contributed by atoms with Crippen LogP contribution in [0.2, 0.25) is 5.02 Å². The maximum absolute atomic E-state index is 12.0. The molecule has 0 saturated heterocycles. The minimum Gasteiger partial charge on any atom is -0.466 e. The molecule has 2 heterocycles. The number of pyridine rings is 1. The lowest BCUT2D eigenvalue weighted by Crippen LogP contribution is -2.29. The summed E-state index contributed by atoms with van der Waals surface area (Å²) < 4.78 is 14.4. The summed E-state index contributed by atoms with van der Waals surface area (Å²) >= 11 is 10.0. The molecule has 1 fully saturated rings. The average molecular weight is 519 g/mol. The zero-order chi connectivity index (χ0) is 22.7. The van der Waals surface area contributed by atoms with E-state index >= 15 is 0 Å². The number of carbonyl (C=O) groups is 1. The van der Waals surface area contributed by atoms with Gasteiger partial charge in [0.1, 0.15) is 6.10 Å². The van der Waals surface area contributed by atoms with Gasteiger partial charge in [0.2, 0.25) is 0 Å². The van der Waals surface area contributed by atoms with Crippen LogP contribution < -0.4 is 4.74 Å². The number of halogens is 2.